The predicted octanol–water partition coefficient (Wildman–Crippen LogP) is -0.321. The summed E-state index contributed by atoms with van der Waals surface area (Å²) in [4.78, 5) is 28.5. The molecule has 2 atom stereocenters. The molecule has 3 aliphatic rings. The standard InChI is InChI=1S/C15H26N4O2/c16-14(20)12-3-1-10-19(12)15(21)13-4-2-9-18(13)11-5-7-17-8-6-11/h11-13,17H,1-10H2,(H2,16,20). The topological polar surface area (TPSA) is 78.7 Å². The lowest BCUT2D eigenvalue weighted by Crippen LogP contribution is -2.54. The SMILES string of the molecule is NC(=O)C1CCCN1C(=O)C1CCCN1C1CCNCC1. The van der Waals surface area contributed by atoms with Crippen LogP contribution in [0.25, 0.3) is 0 Å². The number of carbonyl (C=O) groups excluding carboxylic acids is 2. The molecule has 0 bridgehead atoms. The summed E-state index contributed by atoms with van der Waals surface area (Å²) in [5.74, 6) is -0.223. The van der Waals surface area contributed by atoms with Crippen molar-refractivity contribution in [2.45, 2.75) is 56.7 Å². The van der Waals surface area contributed by atoms with E-state index < -0.39 is 0 Å². The average Bonchev–Trinajstić information content (AvgIpc) is 3.16. The molecule has 0 spiro atoms. The summed E-state index contributed by atoms with van der Waals surface area (Å²) in [6.07, 6.45) is 5.84. The summed E-state index contributed by atoms with van der Waals surface area (Å²) in [6, 6.07) is 0.0957. The lowest BCUT2D eigenvalue weighted by molar-refractivity contribution is -0.141. The van der Waals surface area contributed by atoms with Crippen molar-refractivity contribution in [3.63, 3.8) is 0 Å². The normalized spacial score (nSPS) is 31.7. The molecular formula is C15H26N4O2. The lowest BCUT2D eigenvalue weighted by Gasteiger charge is -2.37. The van der Waals surface area contributed by atoms with Crippen molar-refractivity contribution in [3.8, 4) is 0 Å². The van der Waals surface area contributed by atoms with Crippen LogP contribution in [-0.4, -0.2) is 65.9 Å². The Hall–Kier alpha value is -1.14. The molecule has 0 saturated carbocycles. The van der Waals surface area contributed by atoms with Crippen LogP contribution in [0.1, 0.15) is 38.5 Å². The third-order valence-corrected chi connectivity index (χ3v) is 5.22. The number of amides is 2. The van der Waals surface area contributed by atoms with Gasteiger partial charge >= 0.3 is 0 Å². The molecule has 21 heavy (non-hydrogen) atoms. The van der Waals surface area contributed by atoms with Gasteiger partial charge in [-0.3, -0.25) is 14.5 Å². The van der Waals surface area contributed by atoms with Gasteiger partial charge < -0.3 is 16.0 Å². The molecule has 118 valence electrons. The molecule has 0 aromatic heterocycles. The number of rotatable bonds is 3. The first-order chi connectivity index (χ1) is 10.2. The van der Waals surface area contributed by atoms with Gasteiger partial charge in [-0.05, 0) is 58.2 Å². The number of nitrogens with zero attached hydrogens (tertiary/aromatic N) is 2. The summed E-state index contributed by atoms with van der Waals surface area (Å²) >= 11 is 0. The van der Waals surface area contributed by atoms with E-state index in [2.05, 4.69) is 10.2 Å². The van der Waals surface area contributed by atoms with Crippen LogP contribution in [-0.2, 0) is 9.59 Å². The van der Waals surface area contributed by atoms with E-state index in [-0.39, 0.29) is 23.9 Å². The smallest absolute Gasteiger partial charge is 0.240 e. The van der Waals surface area contributed by atoms with Crippen molar-refractivity contribution < 1.29 is 9.59 Å². The van der Waals surface area contributed by atoms with Gasteiger partial charge in [0, 0.05) is 12.6 Å². The molecule has 3 heterocycles. The maximum absolute atomic E-state index is 12.9. The van der Waals surface area contributed by atoms with E-state index in [9.17, 15) is 9.59 Å². The van der Waals surface area contributed by atoms with E-state index in [0.717, 1.165) is 58.2 Å². The summed E-state index contributed by atoms with van der Waals surface area (Å²) in [5.41, 5.74) is 5.45. The van der Waals surface area contributed by atoms with Gasteiger partial charge in [0.2, 0.25) is 11.8 Å². The zero-order chi connectivity index (χ0) is 14.8. The molecule has 0 aliphatic carbocycles. The Morgan fingerprint density at radius 2 is 1.62 bits per heavy atom. The van der Waals surface area contributed by atoms with Crippen LogP contribution in [0.15, 0.2) is 0 Å². The van der Waals surface area contributed by atoms with Crippen molar-refractivity contribution in [2.75, 3.05) is 26.2 Å². The molecule has 3 N–H and O–H groups in total. The first-order valence-electron chi connectivity index (χ1n) is 8.25. The number of piperidine rings is 1. The summed E-state index contributed by atoms with van der Waals surface area (Å²) in [6.45, 7) is 3.77. The van der Waals surface area contributed by atoms with Crippen LogP contribution < -0.4 is 11.1 Å². The van der Waals surface area contributed by atoms with Crippen LogP contribution in [0.3, 0.4) is 0 Å². The summed E-state index contributed by atoms with van der Waals surface area (Å²) in [7, 11) is 0. The fraction of sp³-hybridized carbons (Fsp3) is 0.867. The van der Waals surface area contributed by atoms with Crippen LogP contribution in [0.5, 0.6) is 0 Å². The fourth-order valence-electron chi connectivity index (χ4n) is 4.15. The molecule has 3 saturated heterocycles. The number of hydrogen-bond donors (Lipinski definition) is 2. The number of nitrogens with two attached hydrogens (primary N) is 1. The third kappa shape index (κ3) is 2.92. The van der Waals surface area contributed by atoms with Gasteiger partial charge in [0.15, 0.2) is 0 Å². The molecule has 0 aromatic rings. The minimum Gasteiger partial charge on any atom is -0.368 e. The third-order valence-electron chi connectivity index (χ3n) is 5.22. The summed E-state index contributed by atoms with van der Waals surface area (Å²) < 4.78 is 0. The molecular weight excluding hydrogens is 268 g/mol. The van der Waals surface area contributed by atoms with Gasteiger partial charge in [0.1, 0.15) is 6.04 Å². The highest BCUT2D eigenvalue weighted by atomic mass is 16.2. The maximum atomic E-state index is 12.9. The maximum Gasteiger partial charge on any atom is 0.240 e. The number of nitrogens with one attached hydrogen (secondary N) is 1. The molecule has 3 aliphatic heterocycles. The van der Waals surface area contributed by atoms with Crippen LogP contribution in [0.4, 0.5) is 0 Å². The Bertz CT molecular complexity index is 408. The molecule has 6 heteroatoms. The van der Waals surface area contributed by atoms with Gasteiger partial charge in [0.05, 0.1) is 6.04 Å². The van der Waals surface area contributed by atoms with Gasteiger partial charge in [-0.25, -0.2) is 0 Å². The van der Waals surface area contributed by atoms with E-state index in [1.807, 2.05) is 0 Å². The Labute approximate surface area is 126 Å². The zero-order valence-electron chi connectivity index (χ0n) is 12.6. The van der Waals surface area contributed by atoms with Crippen molar-refractivity contribution in [3.05, 3.63) is 0 Å². The van der Waals surface area contributed by atoms with E-state index >= 15 is 0 Å². The van der Waals surface area contributed by atoms with Gasteiger partial charge in [-0.15, -0.1) is 0 Å². The Kier molecular flexibility index (Phi) is 4.45. The largest absolute Gasteiger partial charge is 0.368 e. The Balaban J connectivity index is 1.69. The molecule has 2 unspecified atom stereocenters. The van der Waals surface area contributed by atoms with Crippen molar-refractivity contribution in [1.29, 1.82) is 0 Å². The van der Waals surface area contributed by atoms with Crippen LogP contribution in [0, 0.1) is 0 Å². The second kappa shape index (κ2) is 6.32. The van der Waals surface area contributed by atoms with E-state index in [1.54, 1.807) is 4.90 Å². The summed E-state index contributed by atoms with van der Waals surface area (Å²) in [5, 5.41) is 3.38. The molecule has 0 aromatic carbocycles. The number of primary amides is 1. The monoisotopic (exact) mass is 294 g/mol. The minimum atomic E-state index is -0.382. The van der Waals surface area contributed by atoms with Crippen molar-refractivity contribution in [2.24, 2.45) is 5.73 Å². The van der Waals surface area contributed by atoms with Gasteiger partial charge in [-0.1, -0.05) is 0 Å². The Morgan fingerprint density at radius 3 is 2.33 bits per heavy atom. The first-order valence-corrected chi connectivity index (χ1v) is 8.25. The zero-order valence-corrected chi connectivity index (χ0v) is 12.6. The van der Waals surface area contributed by atoms with Crippen LogP contribution >= 0.6 is 0 Å². The van der Waals surface area contributed by atoms with E-state index in [1.165, 1.54) is 0 Å². The predicted molar refractivity (Wildman–Crippen MR) is 79.5 cm³/mol. The number of carbonyl (C=O) groups is 2. The fourth-order valence-corrected chi connectivity index (χ4v) is 4.15. The highest BCUT2D eigenvalue weighted by Gasteiger charge is 2.41. The van der Waals surface area contributed by atoms with Gasteiger partial charge in [-0.2, -0.15) is 0 Å². The van der Waals surface area contributed by atoms with Gasteiger partial charge in [0.25, 0.3) is 0 Å². The van der Waals surface area contributed by atoms with E-state index in [4.69, 9.17) is 5.73 Å². The Morgan fingerprint density at radius 1 is 0.952 bits per heavy atom. The molecule has 2 amide bonds. The molecule has 3 fully saturated rings. The number of likely N-dealkylation sites (tertiary alicyclic amines) is 2. The van der Waals surface area contributed by atoms with Crippen molar-refractivity contribution in [1.82, 2.24) is 15.1 Å². The second-order valence-corrected chi connectivity index (χ2v) is 6.47. The highest BCUT2D eigenvalue weighted by molar-refractivity contribution is 5.89. The number of hydrogen-bond acceptors (Lipinski definition) is 4. The second-order valence-electron chi connectivity index (χ2n) is 6.47. The molecule has 3 rings (SSSR count). The lowest BCUT2D eigenvalue weighted by atomic mass is 10.0. The quantitative estimate of drug-likeness (QED) is 0.748. The molecule has 6 nitrogen and oxygen atoms in total. The van der Waals surface area contributed by atoms with E-state index in [0.29, 0.717) is 12.6 Å². The average molecular weight is 294 g/mol. The first kappa shape index (κ1) is 14.8. The highest BCUT2D eigenvalue weighted by Crippen LogP contribution is 2.28. The molecule has 0 radical (unpaired) electrons. The van der Waals surface area contributed by atoms with Crippen LogP contribution in [0.2, 0.25) is 0 Å². The van der Waals surface area contributed by atoms with Crippen molar-refractivity contribution >= 4 is 11.8 Å². The minimum absolute atomic E-state index is 0.0342.